The molecule has 0 amide bonds. The first-order valence-electron chi connectivity index (χ1n) is 5.59. The van der Waals surface area contributed by atoms with Gasteiger partial charge in [-0.3, -0.25) is 4.79 Å². The molecule has 0 radical (unpaired) electrons. The van der Waals surface area contributed by atoms with Gasteiger partial charge in [0.1, 0.15) is 6.04 Å². The Hall–Kier alpha value is -1.44. The van der Waals surface area contributed by atoms with Crippen LogP contribution in [-0.4, -0.2) is 44.0 Å². The summed E-state index contributed by atoms with van der Waals surface area (Å²) in [6.07, 6.45) is 0. The number of hydrogen-bond acceptors (Lipinski definition) is 4. The van der Waals surface area contributed by atoms with Gasteiger partial charge in [-0.15, -0.1) is 0 Å². The quantitative estimate of drug-likeness (QED) is 0.841. The van der Waals surface area contributed by atoms with Crippen molar-refractivity contribution in [3.63, 3.8) is 0 Å². The summed E-state index contributed by atoms with van der Waals surface area (Å²) < 4.78 is 30.3. The number of ether oxygens (including phenoxy) is 1. The normalized spacial score (nSPS) is 13.5. The zero-order chi connectivity index (χ0) is 14.6. The fourth-order valence-electron chi connectivity index (χ4n) is 1.49. The van der Waals surface area contributed by atoms with Crippen LogP contribution in [0.4, 0.5) is 0 Å². The summed E-state index contributed by atoms with van der Waals surface area (Å²) >= 11 is 0. The molecule has 0 aliphatic rings. The highest BCUT2D eigenvalue weighted by molar-refractivity contribution is 7.89. The lowest BCUT2D eigenvalue weighted by atomic mass is 10.2. The largest absolute Gasteiger partial charge is 0.480 e. The van der Waals surface area contributed by atoms with Crippen molar-refractivity contribution in [2.75, 3.05) is 14.2 Å². The second-order valence-corrected chi connectivity index (χ2v) is 6.11. The monoisotopic (exact) mass is 287 g/mol. The number of carboxylic acid groups (broad SMARTS) is 1. The molecule has 0 fully saturated rings. The van der Waals surface area contributed by atoms with Crippen LogP contribution in [0, 0.1) is 0 Å². The van der Waals surface area contributed by atoms with Crippen LogP contribution >= 0.6 is 0 Å². The molecule has 1 atom stereocenters. The Bertz CT molecular complexity index is 555. The van der Waals surface area contributed by atoms with Gasteiger partial charge in [-0.2, -0.15) is 4.31 Å². The molecule has 1 N–H and O–H groups in total. The summed E-state index contributed by atoms with van der Waals surface area (Å²) in [6.45, 7) is 1.61. The molecule has 0 aliphatic carbocycles. The smallest absolute Gasteiger partial charge is 0.321 e. The average Bonchev–Trinajstić information content (AvgIpc) is 2.37. The Morgan fingerprint density at radius 2 is 2.11 bits per heavy atom. The molecule has 0 spiro atoms. The predicted molar refractivity (Wildman–Crippen MR) is 69.2 cm³/mol. The first-order chi connectivity index (χ1) is 8.80. The second kappa shape index (κ2) is 6.14. The Morgan fingerprint density at radius 3 is 2.63 bits per heavy atom. The minimum atomic E-state index is -3.83. The lowest BCUT2D eigenvalue weighted by molar-refractivity contribution is -0.140. The van der Waals surface area contributed by atoms with Gasteiger partial charge < -0.3 is 9.84 Å². The molecule has 0 saturated heterocycles. The van der Waals surface area contributed by atoms with E-state index in [9.17, 15) is 13.2 Å². The van der Waals surface area contributed by atoms with Crippen LogP contribution in [-0.2, 0) is 26.2 Å². The van der Waals surface area contributed by atoms with Crippen LogP contribution in [0.15, 0.2) is 29.2 Å². The minimum absolute atomic E-state index is 0.0534. The summed E-state index contributed by atoms with van der Waals surface area (Å²) in [5.41, 5.74) is 0.708. The van der Waals surface area contributed by atoms with Gasteiger partial charge in [-0.1, -0.05) is 12.1 Å². The minimum Gasteiger partial charge on any atom is -0.480 e. The zero-order valence-electron chi connectivity index (χ0n) is 11.0. The third-order valence-electron chi connectivity index (χ3n) is 2.79. The maximum atomic E-state index is 12.3. The Balaban J connectivity index is 3.12. The molecule has 19 heavy (non-hydrogen) atoms. The van der Waals surface area contributed by atoms with Gasteiger partial charge in [0, 0.05) is 14.2 Å². The third kappa shape index (κ3) is 3.52. The number of nitrogens with zero attached hydrogens (tertiary/aromatic N) is 1. The van der Waals surface area contributed by atoms with Crippen LogP contribution in [0.5, 0.6) is 0 Å². The van der Waals surface area contributed by atoms with Crippen molar-refractivity contribution in [1.82, 2.24) is 4.31 Å². The molecule has 6 nitrogen and oxygen atoms in total. The third-order valence-corrected chi connectivity index (χ3v) is 4.71. The highest BCUT2D eigenvalue weighted by Gasteiger charge is 2.29. The van der Waals surface area contributed by atoms with Gasteiger partial charge in [-0.25, -0.2) is 8.42 Å². The molecule has 0 aromatic heterocycles. The molecule has 1 unspecified atom stereocenters. The Labute approximate surface area is 112 Å². The number of methoxy groups -OCH3 is 1. The summed E-state index contributed by atoms with van der Waals surface area (Å²) in [5, 5.41) is 8.88. The molecular formula is C12H17NO5S. The highest BCUT2D eigenvalue weighted by Crippen LogP contribution is 2.18. The maximum Gasteiger partial charge on any atom is 0.321 e. The van der Waals surface area contributed by atoms with E-state index >= 15 is 0 Å². The fraction of sp³-hybridized carbons (Fsp3) is 0.417. The fourth-order valence-corrected chi connectivity index (χ4v) is 2.88. The molecule has 0 saturated carbocycles. The zero-order valence-corrected chi connectivity index (χ0v) is 11.8. The van der Waals surface area contributed by atoms with Gasteiger partial charge in [0.15, 0.2) is 0 Å². The van der Waals surface area contributed by atoms with Gasteiger partial charge in [-0.05, 0) is 24.6 Å². The summed E-state index contributed by atoms with van der Waals surface area (Å²) in [7, 11) is -1.07. The van der Waals surface area contributed by atoms with Gasteiger partial charge in [0.2, 0.25) is 10.0 Å². The number of rotatable bonds is 6. The highest BCUT2D eigenvalue weighted by atomic mass is 32.2. The van der Waals surface area contributed by atoms with E-state index in [-0.39, 0.29) is 4.90 Å². The number of aliphatic carboxylic acids is 1. The van der Waals surface area contributed by atoms with Crippen molar-refractivity contribution in [3.05, 3.63) is 29.8 Å². The van der Waals surface area contributed by atoms with Crippen molar-refractivity contribution in [2.24, 2.45) is 0 Å². The molecule has 106 valence electrons. The predicted octanol–water partition coefficient (Wildman–Crippen LogP) is 0.927. The van der Waals surface area contributed by atoms with E-state index in [1.54, 1.807) is 12.1 Å². The van der Waals surface area contributed by atoms with Crippen LogP contribution < -0.4 is 0 Å². The number of hydrogen-bond donors (Lipinski definition) is 1. The van der Waals surface area contributed by atoms with Crippen LogP contribution in [0.1, 0.15) is 12.5 Å². The van der Waals surface area contributed by atoms with E-state index in [2.05, 4.69) is 0 Å². The summed E-state index contributed by atoms with van der Waals surface area (Å²) in [5.74, 6) is -1.20. The molecule has 7 heteroatoms. The van der Waals surface area contributed by atoms with Crippen molar-refractivity contribution in [1.29, 1.82) is 0 Å². The van der Waals surface area contributed by atoms with E-state index in [1.165, 1.54) is 33.2 Å². The number of sulfonamides is 1. The summed E-state index contributed by atoms with van der Waals surface area (Å²) in [6, 6.07) is 5.11. The van der Waals surface area contributed by atoms with Crippen molar-refractivity contribution in [2.45, 2.75) is 24.5 Å². The van der Waals surface area contributed by atoms with E-state index in [4.69, 9.17) is 9.84 Å². The standard InChI is InChI=1S/C12H17NO5S/c1-9(12(14)15)13(2)19(16,17)11-6-4-5-10(7-11)8-18-3/h4-7,9H,8H2,1-3H3,(H,14,15). The lowest BCUT2D eigenvalue weighted by Gasteiger charge is -2.21. The van der Waals surface area contributed by atoms with Crippen molar-refractivity contribution < 1.29 is 23.1 Å². The molecule has 0 bridgehead atoms. The van der Waals surface area contributed by atoms with E-state index < -0.39 is 22.0 Å². The van der Waals surface area contributed by atoms with Crippen LogP contribution in [0.3, 0.4) is 0 Å². The lowest BCUT2D eigenvalue weighted by Crippen LogP contribution is -2.40. The van der Waals surface area contributed by atoms with Gasteiger partial charge >= 0.3 is 5.97 Å². The SMILES string of the molecule is COCc1cccc(S(=O)(=O)N(C)C(C)C(=O)O)c1. The molecule has 0 heterocycles. The second-order valence-electron chi connectivity index (χ2n) is 4.12. The topological polar surface area (TPSA) is 83.9 Å². The van der Waals surface area contributed by atoms with Crippen molar-refractivity contribution in [3.8, 4) is 0 Å². The number of carboxylic acids is 1. The van der Waals surface area contributed by atoms with Gasteiger partial charge in [0.25, 0.3) is 0 Å². The molecular weight excluding hydrogens is 270 g/mol. The summed E-state index contributed by atoms with van der Waals surface area (Å²) in [4.78, 5) is 10.9. The molecule has 1 rings (SSSR count). The van der Waals surface area contributed by atoms with Crippen LogP contribution in [0.25, 0.3) is 0 Å². The van der Waals surface area contributed by atoms with E-state index in [0.29, 0.717) is 12.2 Å². The molecule has 1 aromatic carbocycles. The number of benzene rings is 1. The first kappa shape index (κ1) is 15.6. The molecule has 0 aliphatic heterocycles. The van der Waals surface area contributed by atoms with Crippen LogP contribution in [0.2, 0.25) is 0 Å². The molecule has 1 aromatic rings. The maximum absolute atomic E-state index is 12.3. The Morgan fingerprint density at radius 1 is 1.47 bits per heavy atom. The first-order valence-corrected chi connectivity index (χ1v) is 7.03. The van der Waals surface area contributed by atoms with E-state index in [1.807, 2.05) is 0 Å². The van der Waals surface area contributed by atoms with Gasteiger partial charge in [0.05, 0.1) is 11.5 Å². The Kier molecular flexibility index (Phi) is 5.04. The number of carbonyl (C=O) groups is 1. The van der Waals surface area contributed by atoms with Crippen molar-refractivity contribution >= 4 is 16.0 Å². The number of likely N-dealkylation sites (N-methyl/N-ethyl adjacent to an activating group) is 1. The average molecular weight is 287 g/mol. The van der Waals surface area contributed by atoms with E-state index in [0.717, 1.165) is 4.31 Å².